The molecule has 1 fully saturated rings. The first kappa shape index (κ1) is 19.4. The van der Waals surface area contributed by atoms with Gasteiger partial charge < -0.3 is 10.6 Å². The molecule has 0 unspecified atom stereocenters. The predicted octanol–water partition coefficient (Wildman–Crippen LogP) is 2.80. The fourth-order valence-corrected chi connectivity index (χ4v) is 3.65. The molecule has 150 valence electrons. The average molecular weight is 399 g/mol. The molecule has 0 bridgehead atoms. The summed E-state index contributed by atoms with van der Waals surface area (Å²) in [5.74, 6) is -0.876. The van der Waals surface area contributed by atoms with Gasteiger partial charge in [0.05, 0.1) is 0 Å². The molecule has 0 aliphatic carbocycles. The van der Waals surface area contributed by atoms with Gasteiger partial charge in [0, 0.05) is 6.54 Å². The largest absolute Gasteiger partial charge is 0.350 e. The topological polar surface area (TPSA) is 78.5 Å². The highest BCUT2D eigenvalue weighted by Gasteiger charge is 2.53. The van der Waals surface area contributed by atoms with E-state index in [2.05, 4.69) is 10.6 Å². The minimum atomic E-state index is -1.36. The van der Waals surface area contributed by atoms with E-state index >= 15 is 0 Å². The number of hydrogen-bond acceptors (Lipinski definition) is 3. The van der Waals surface area contributed by atoms with Crippen molar-refractivity contribution in [3.8, 4) is 0 Å². The molecule has 0 radical (unpaired) electrons. The maximum Gasteiger partial charge on any atom is 0.326 e. The Morgan fingerprint density at radius 1 is 0.800 bits per heavy atom. The lowest BCUT2D eigenvalue weighted by molar-refractivity contribution is -0.134. The molecule has 0 spiro atoms. The molecule has 3 aromatic carbocycles. The van der Waals surface area contributed by atoms with Gasteiger partial charge in [0.2, 0.25) is 5.91 Å². The second-order valence-corrected chi connectivity index (χ2v) is 7.07. The minimum absolute atomic E-state index is 0.325. The zero-order valence-corrected chi connectivity index (χ0v) is 16.2. The number of carbonyl (C=O) groups excluding carboxylic acids is 3. The summed E-state index contributed by atoms with van der Waals surface area (Å²) in [6.45, 7) is -0.0231. The average Bonchev–Trinajstić information content (AvgIpc) is 3.05. The zero-order chi connectivity index (χ0) is 21.0. The third-order valence-corrected chi connectivity index (χ3v) is 5.15. The summed E-state index contributed by atoms with van der Waals surface area (Å²) >= 11 is 0. The van der Waals surface area contributed by atoms with Crippen LogP contribution in [-0.2, 0) is 21.7 Å². The lowest BCUT2D eigenvalue weighted by Gasteiger charge is -2.28. The van der Waals surface area contributed by atoms with E-state index in [9.17, 15) is 14.4 Å². The number of carbonyl (C=O) groups is 3. The van der Waals surface area contributed by atoms with Crippen LogP contribution in [0, 0.1) is 0 Å². The molecular formula is C24H21N3O3. The van der Waals surface area contributed by atoms with Crippen LogP contribution in [-0.4, -0.2) is 29.3 Å². The Kier molecular flexibility index (Phi) is 5.30. The van der Waals surface area contributed by atoms with E-state index in [0.29, 0.717) is 17.7 Å². The van der Waals surface area contributed by atoms with Gasteiger partial charge in [0.25, 0.3) is 5.91 Å². The van der Waals surface area contributed by atoms with E-state index in [-0.39, 0.29) is 6.54 Å². The Hall–Kier alpha value is -3.93. The van der Waals surface area contributed by atoms with E-state index in [1.165, 1.54) is 0 Å². The van der Waals surface area contributed by atoms with Gasteiger partial charge in [-0.15, -0.1) is 0 Å². The summed E-state index contributed by atoms with van der Waals surface area (Å²) < 4.78 is 0. The SMILES string of the molecule is O=C(CN1C(=O)NC(c2ccccc2)(c2ccccc2)C1=O)NCc1ccccc1. The van der Waals surface area contributed by atoms with Crippen molar-refractivity contribution < 1.29 is 14.4 Å². The smallest absolute Gasteiger partial charge is 0.326 e. The summed E-state index contributed by atoms with van der Waals surface area (Å²) in [6, 6.07) is 27.0. The van der Waals surface area contributed by atoms with Crippen LogP contribution in [0.2, 0.25) is 0 Å². The van der Waals surface area contributed by atoms with Gasteiger partial charge in [-0.25, -0.2) is 4.79 Å². The van der Waals surface area contributed by atoms with Gasteiger partial charge >= 0.3 is 6.03 Å². The summed E-state index contributed by atoms with van der Waals surface area (Å²) in [4.78, 5) is 39.7. The van der Waals surface area contributed by atoms with Gasteiger partial charge in [-0.1, -0.05) is 91.0 Å². The van der Waals surface area contributed by atoms with Gasteiger partial charge in [0.1, 0.15) is 6.54 Å². The van der Waals surface area contributed by atoms with Crippen LogP contribution in [0.15, 0.2) is 91.0 Å². The standard InChI is InChI=1S/C24H21N3O3/c28-21(25-16-18-10-4-1-5-11-18)17-27-22(29)24(26-23(27)30,19-12-6-2-7-13-19)20-14-8-3-9-15-20/h1-15H,16-17H2,(H,25,28)(H,26,30). The molecule has 30 heavy (non-hydrogen) atoms. The second kappa shape index (κ2) is 8.21. The summed E-state index contributed by atoms with van der Waals surface area (Å²) in [6.07, 6.45) is 0. The van der Waals surface area contributed by atoms with Crippen molar-refractivity contribution in [1.82, 2.24) is 15.5 Å². The molecule has 1 aliphatic rings. The molecule has 6 heteroatoms. The summed E-state index contributed by atoms with van der Waals surface area (Å²) in [7, 11) is 0. The minimum Gasteiger partial charge on any atom is -0.350 e. The lowest BCUT2D eigenvalue weighted by atomic mass is 9.82. The maximum absolute atomic E-state index is 13.5. The Morgan fingerprint density at radius 3 is 1.83 bits per heavy atom. The van der Waals surface area contributed by atoms with E-state index in [1.54, 1.807) is 24.3 Å². The molecule has 6 nitrogen and oxygen atoms in total. The summed E-state index contributed by atoms with van der Waals surface area (Å²) in [5.41, 5.74) is 0.855. The van der Waals surface area contributed by atoms with Crippen molar-refractivity contribution in [2.24, 2.45) is 0 Å². The highest BCUT2D eigenvalue weighted by molar-refractivity contribution is 6.11. The molecule has 1 aliphatic heterocycles. The van der Waals surface area contributed by atoms with E-state index in [4.69, 9.17) is 0 Å². The number of urea groups is 1. The van der Waals surface area contributed by atoms with Gasteiger partial charge in [0.15, 0.2) is 5.54 Å². The highest BCUT2D eigenvalue weighted by Crippen LogP contribution is 2.35. The number of hydrogen-bond donors (Lipinski definition) is 2. The summed E-state index contributed by atoms with van der Waals surface area (Å²) in [5, 5.41) is 5.60. The van der Waals surface area contributed by atoms with Crippen LogP contribution in [0.5, 0.6) is 0 Å². The molecule has 1 heterocycles. The molecular weight excluding hydrogens is 378 g/mol. The first-order valence-corrected chi connectivity index (χ1v) is 9.67. The number of amides is 4. The second-order valence-electron chi connectivity index (χ2n) is 7.07. The fraction of sp³-hybridized carbons (Fsp3) is 0.125. The molecule has 0 saturated carbocycles. The zero-order valence-electron chi connectivity index (χ0n) is 16.2. The molecule has 2 N–H and O–H groups in total. The number of nitrogens with one attached hydrogen (secondary N) is 2. The normalized spacial score (nSPS) is 15.0. The molecule has 3 aromatic rings. The van der Waals surface area contributed by atoms with Crippen molar-refractivity contribution in [1.29, 1.82) is 0 Å². The molecule has 0 aromatic heterocycles. The van der Waals surface area contributed by atoms with Crippen molar-refractivity contribution in [2.75, 3.05) is 6.54 Å². The highest BCUT2D eigenvalue weighted by atomic mass is 16.2. The van der Waals surface area contributed by atoms with E-state index in [0.717, 1.165) is 10.5 Å². The first-order chi connectivity index (χ1) is 14.6. The molecule has 4 amide bonds. The number of rotatable bonds is 6. The van der Waals surface area contributed by atoms with E-state index < -0.39 is 23.4 Å². The third kappa shape index (κ3) is 3.55. The van der Waals surface area contributed by atoms with Crippen molar-refractivity contribution in [3.05, 3.63) is 108 Å². The van der Waals surface area contributed by atoms with Gasteiger partial charge in [-0.2, -0.15) is 0 Å². The number of benzene rings is 3. The van der Waals surface area contributed by atoms with Gasteiger partial charge in [-0.05, 0) is 16.7 Å². The van der Waals surface area contributed by atoms with Crippen molar-refractivity contribution in [2.45, 2.75) is 12.1 Å². The molecule has 1 saturated heterocycles. The van der Waals surface area contributed by atoms with Crippen LogP contribution in [0.1, 0.15) is 16.7 Å². The quantitative estimate of drug-likeness (QED) is 0.626. The van der Waals surface area contributed by atoms with Crippen LogP contribution < -0.4 is 10.6 Å². The molecule has 0 atom stereocenters. The third-order valence-electron chi connectivity index (χ3n) is 5.15. The fourth-order valence-electron chi connectivity index (χ4n) is 3.65. The van der Waals surface area contributed by atoms with Crippen LogP contribution in [0.4, 0.5) is 4.79 Å². The lowest BCUT2D eigenvalue weighted by Crippen LogP contribution is -2.46. The Morgan fingerprint density at radius 2 is 1.30 bits per heavy atom. The Bertz CT molecular complexity index is 1010. The number of imide groups is 1. The van der Waals surface area contributed by atoms with E-state index in [1.807, 2.05) is 66.7 Å². The Balaban J connectivity index is 1.58. The maximum atomic E-state index is 13.5. The number of nitrogens with zero attached hydrogens (tertiary/aromatic N) is 1. The molecule has 4 rings (SSSR count). The van der Waals surface area contributed by atoms with Crippen LogP contribution in [0.3, 0.4) is 0 Å². The van der Waals surface area contributed by atoms with Gasteiger partial charge in [-0.3, -0.25) is 14.5 Å². The van der Waals surface area contributed by atoms with Crippen molar-refractivity contribution >= 4 is 17.8 Å². The van der Waals surface area contributed by atoms with Crippen molar-refractivity contribution in [3.63, 3.8) is 0 Å². The van der Waals surface area contributed by atoms with Crippen LogP contribution in [0.25, 0.3) is 0 Å². The van der Waals surface area contributed by atoms with Crippen LogP contribution >= 0.6 is 0 Å². The first-order valence-electron chi connectivity index (χ1n) is 9.67. The Labute approximate surface area is 174 Å². The monoisotopic (exact) mass is 399 g/mol. The predicted molar refractivity (Wildman–Crippen MR) is 112 cm³/mol.